The van der Waals surface area contributed by atoms with Crippen LogP contribution in [0.25, 0.3) is 10.2 Å². The number of rotatable bonds is 8. The lowest BCUT2D eigenvalue weighted by molar-refractivity contribution is -0.143. The van der Waals surface area contributed by atoms with E-state index in [0.29, 0.717) is 26.3 Å². The van der Waals surface area contributed by atoms with Crippen molar-refractivity contribution in [2.24, 2.45) is 4.99 Å². The average Bonchev–Trinajstić information content (AvgIpc) is 3.10. The summed E-state index contributed by atoms with van der Waals surface area (Å²) in [6, 6.07) is 14.1. The number of hydrogen-bond acceptors (Lipinski definition) is 7. The summed E-state index contributed by atoms with van der Waals surface area (Å²) in [7, 11) is 1.30. The molecule has 0 fully saturated rings. The molecule has 0 spiro atoms. The van der Waals surface area contributed by atoms with Crippen molar-refractivity contribution in [2.45, 2.75) is 19.9 Å². The molecule has 1 aromatic heterocycles. The summed E-state index contributed by atoms with van der Waals surface area (Å²) in [6.07, 6.45) is 0.0793. The van der Waals surface area contributed by atoms with Crippen LogP contribution in [-0.4, -0.2) is 42.7 Å². The van der Waals surface area contributed by atoms with Crippen LogP contribution in [0.1, 0.15) is 23.7 Å². The number of benzene rings is 2. The molecule has 0 radical (unpaired) electrons. The molecule has 9 heteroatoms. The fourth-order valence-corrected chi connectivity index (χ4v) is 3.91. The van der Waals surface area contributed by atoms with Crippen LogP contribution in [0.15, 0.2) is 53.5 Å². The monoisotopic (exact) mass is 442 g/mol. The first-order chi connectivity index (χ1) is 15.0. The van der Waals surface area contributed by atoms with Crippen molar-refractivity contribution in [3.63, 3.8) is 0 Å². The molecule has 3 aromatic rings. The van der Waals surface area contributed by atoms with Crippen LogP contribution in [0.3, 0.4) is 0 Å². The third-order valence-electron chi connectivity index (χ3n) is 4.24. The van der Waals surface area contributed by atoms with Gasteiger partial charge >= 0.3 is 11.9 Å². The molecule has 3 rings (SSSR count). The minimum Gasteiger partial charge on any atom is -0.493 e. The summed E-state index contributed by atoms with van der Waals surface area (Å²) in [5, 5.41) is 0. The Balaban J connectivity index is 1.87. The number of amides is 1. The molecule has 0 saturated carbocycles. The van der Waals surface area contributed by atoms with Gasteiger partial charge in [0, 0.05) is 0 Å². The Kier molecular flexibility index (Phi) is 7.55. The molecule has 0 saturated heterocycles. The van der Waals surface area contributed by atoms with Gasteiger partial charge in [0.15, 0.2) is 4.80 Å². The number of para-hydroxylation sites is 1. The molecule has 0 atom stereocenters. The van der Waals surface area contributed by atoms with E-state index >= 15 is 0 Å². The molecular formula is C22H22N2O6S. The van der Waals surface area contributed by atoms with Gasteiger partial charge < -0.3 is 18.8 Å². The summed E-state index contributed by atoms with van der Waals surface area (Å²) in [6.45, 7) is 2.05. The number of thiazole rings is 1. The van der Waals surface area contributed by atoms with Gasteiger partial charge in [0.2, 0.25) is 0 Å². The van der Waals surface area contributed by atoms with Gasteiger partial charge in [-0.2, -0.15) is 4.99 Å². The summed E-state index contributed by atoms with van der Waals surface area (Å²) < 4.78 is 17.6. The van der Waals surface area contributed by atoms with Crippen LogP contribution in [0.4, 0.5) is 0 Å². The Morgan fingerprint density at radius 1 is 1.10 bits per heavy atom. The number of ether oxygens (including phenoxy) is 3. The molecule has 0 aliphatic heterocycles. The zero-order valence-corrected chi connectivity index (χ0v) is 18.0. The zero-order chi connectivity index (χ0) is 22.2. The Morgan fingerprint density at radius 3 is 2.58 bits per heavy atom. The Bertz CT molecular complexity index is 1150. The van der Waals surface area contributed by atoms with Crippen LogP contribution >= 0.6 is 11.3 Å². The number of nitrogens with zero attached hydrogens (tertiary/aromatic N) is 2. The topological polar surface area (TPSA) is 96.2 Å². The van der Waals surface area contributed by atoms with Crippen molar-refractivity contribution in [2.75, 3.05) is 20.3 Å². The van der Waals surface area contributed by atoms with Gasteiger partial charge in [-0.25, -0.2) is 4.79 Å². The number of fused-ring (bicyclic) bond motifs is 1. The van der Waals surface area contributed by atoms with Crippen LogP contribution in [0.2, 0.25) is 0 Å². The highest BCUT2D eigenvalue weighted by Gasteiger charge is 2.15. The van der Waals surface area contributed by atoms with Crippen molar-refractivity contribution < 1.29 is 28.6 Å². The molecule has 31 heavy (non-hydrogen) atoms. The van der Waals surface area contributed by atoms with Gasteiger partial charge in [0.25, 0.3) is 5.91 Å². The molecule has 1 heterocycles. The largest absolute Gasteiger partial charge is 0.493 e. The van der Waals surface area contributed by atoms with E-state index in [1.807, 2.05) is 18.2 Å². The number of esters is 2. The lowest BCUT2D eigenvalue weighted by Crippen LogP contribution is -2.23. The second-order valence-corrected chi connectivity index (χ2v) is 7.38. The molecular weight excluding hydrogens is 420 g/mol. The summed E-state index contributed by atoms with van der Waals surface area (Å²) in [5.41, 5.74) is 1.03. The molecule has 0 N–H and O–H groups in total. The second-order valence-electron chi connectivity index (χ2n) is 6.37. The van der Waals surface area contributed by atoms with E-state index in [2.05, 4.69) is 4.99 Å². The maximum Gasteiger partial charge on any atom is 0.337 e. The Labute approximate surface area is 182 Å². The van der Waals surface area contributed by atoms with E-state index in [1.54, 1.807) is 41.8 Å². The Hall–Kier alpha value is -3.46. The van der Waals surface area contributed by atoms with Gasteiger partial charge in [-0.3, -0.25) is 9.59 Å². The van der Waals surface area contributed by atoms with E-state index in [4.69, 9.17) is 14.2 Å². The van der Waals surface area contributed by atoms with Crippen molar-refractivity contribution in [1.82, 2.24) is 4.57 Å². The molecule has 0 aliphatic rings. The molecule has 0 bridgehead atoms. The first-order valence-corrected chi connectivity index (χ1v) is 10.5. The van der Waals surface area contributed by atoms with E-state index < -0.39 is 11.9 Å². The van der Waals surface area contributed by atoms with Gasteiger partial charge in [0.1, 0.15) is 12.3 Å². The molecule has 162 valence electrons. The molecule has 0 aliphatic carbocycles. The maximum absolute atomic E-state index is 12.4. The molecule has 1 amide bonds. The molecule has 8 nitrogen and oxygen atoms in total. The highest BCUT2D eigenvalue weighted by molar-refractivity contribution is 7.16. The van der Waals surface area contributed by atoms with E-state index in [0.717, 1.165) is 0 Å². The lowest BCUT2D eigenvalue weighted by atomic mass is 10.2. The summed E-state index contributed by atoms with van der Waals surface area (Å²) in [5.74, 6) is -0.626. The SMILES string of the molecule is CCOC(=O)Cn1c(=NC(=O)CCOc2ccccc2)sc2cc(C(=O)OC)ccc21. The lowest BCUT2D eigenvalue weighted by Gasteiger charge is -2.06. The van der Waals surface area contributed by atoms with E-state index in [9.17, 15) is 14.4 Å². The van der Waals surface area contributed by atoms with Crippen LogP contribution in [0.5, 0.6) is 5.75 Å². The van der Waals surface area contributed by atoms with Gasteiger partial charge in [-0.1, -0.05) is 29.5 Å². The number of hydrogen-bond donors (Lipinski definition) is 0. The predicted molar refractivity (Wildman–Crippen MR) is 115 cm³/mol. The smallest absolute Gasteiger partial charge is 0.337 e. The third-order valence-corrected chi connectivity index (χ3v) is 5.29. The number of carbonyl (C=O) groups is 3. The minimum absolute atomic E-state index is 0.0793. The van der Waals surface area contributed by atoms with Crippen LogP contribution < -0.4 is 9.54 Å². The van der Waals surface area contributed by atoms with Crippen molar-refractivity contribution in [3.05, 3.63) is 58.9 Å². The fourth-order valence-electron chi connectivity index (χ4n) is 2.83. The van der Waals surface area contributed by atoms with Gasteiger partial charge in [-0.05, 0) is 37.3 Å². The first kappa shape index (κ1) is 22.2. The van der Waals surface area contributed by atoms with E-state index in [-0.39, 0.29) is 32.1 Å². The third kappa shape index (κ3) is 5.79. The molecule has 0 unspecified atom stereocenters. The van der Waals surface area contributed by atoms with Crippen molar-refractivity contribution in [1.29, 1.82) is 0 Å². The first-order valence-electron chi connectivity index (χ1n) is 9.64. The van der Waals surface area contributed by atoms with Crippen molar-refractivity contribution in [3.8, 4) is 5.75 Å². The highest BCUT2D eigenvalue weighted by Crippen LogP contribution is 2.20. The standard InChI is InChI=1S/C22H22N2O6S/c1-3-29-20(26)14-24-17-10-9-15(21(27)28-2)13-18(17)31-22(24)23-19(25)11-12-30-16-7-5-4-6-8-16/h4-10,13H,3,11-12,14H2,1-2H3. The normalized spacial score (nSPS) is 11.4. The minimum atomic E-state index is -0.472. The van der Waals surface area contributed by atoms with Crippen LogP contribution in [0, 0.1) is 0 Å². The quantitative estimate of drug-likeness (QED) is 0.498. The number of carbonyl (C=O) groups excluding carboxylic acids is 3. The van der Waals surface area contributed by atoms with Crippen molar-refractivity contribution >= 4 is 39.4 Å². The number of aromatic nitrogens is 1. The average molecular weight is 442 g/mol. The number of methoxy groups -OCH3 is 1. The van der Waals surface area contributed by atoms with Gasteiger partial charge in [-0.15, -0.1) is 0 Å². The Morgan fingerprint density at radius 2 is 1.87 bits per heavy atom. The highest BCUT2D eigenvalue weighted by atomic mass is 32.1. The zero-order valence-electron chi connectivity index (χ0n) is 17.2. The summed E-state index contributed by atoms with van der Waals surface area (Å²) >= 11 is 1.20. The molecule has 2 aromatic carbocycles. The maximum atomic E-state index is 12.4. The van der Waals surface area contributed by atoms with E-state index in [1.165, 1.54) is 18.4 Å². The predicted octanol–water partition coefficient (Wildman–Crippen LogP) is 2.95. The second kappa shape index (κ2) is 10.5. The summed E-state index contributed by atoms with van der Waals surface area (Å²) in [4.78, 5) is 40.9. The van der Waals surface area contributed by atoms with Gasteiger partial charge in [0.05, 0.1) is 42.5 Å². The fraction of sp³-hybridized carbons (Fsp3) is 0.273. The van der Waals surface area contributed by atoms with Crippen LogP contribution in [-0.2, 0) is 25.6 Å².